The van der Waals surface area contributed by atoms with Crippen LogP contribution in [-0.4, -0.2) is 37.6 Å². The van der Waals surface area contributed by atoms with E-state index in [2.05, 4.69) is 18.5 Å². The molecular weight excluding hydrogens is 274 g/mol. The number of hydrogen-bond acceptors (Lipinski definition) is 5. The van der Waals surface area contributed by atoms with Gasteiger partial charge in [0.2, 0.25) is 5.91 Å². The highest BCUT2D eigenvalue weighted by Crippen LogP contribution is 1.99. The number of amides is 1. The largest absolute Gasteiger partial charge is 0.462 e. The molecule has 0 aromatic heterocycles. The molecule has 0 radical (unpaired) electrons. The highest BCUT2D eigenvalue weighted by molar-refractivity contribution is 5.87. The van der Waals surface area contributed by atoms with Crippen molar-refractivity contribution in [1.82, 2.24) is 5.32 Å². The smallest absolute Gasteiger partial charge is 0.333 e. The minimum Gasteiger partial charge on any atom is -0.462 e. The van der Waals surface area contributed by atoms with Crippen LogP contribution in [0.4, 0.5) is 0 Å². The van der Waals surface area contributed by atoms with Crippen LogP contribution in [-0.2, 0) is 23.9 Å². The normalized spacial score (nSPS) is 9.62. The summed E-state index contributed by atoms with van der Waals surface area (Å²) in [6.07, 6.45) is 1.55. The first-order valence-electron chi connectivity index (χ1n) is 6.76. The van der Waals surface area contributed by atoms with E-state index in [0.717, 1.165) is 0 Å². The minimum atomic E-state index is -0.469. The molecule has 0 unspecified atom stereocenters. The molecule has 118 valence electrons. The van der Waals surface area contributed by atoms with Gasteiger partial charge in [0.05, 0.1) is 13.2 Å². The van der Waals surface area contributed by atoms with Gasteiger partial charge in [-0.2, -0.15) is 0 Å². The lowest BCUT2D eigenvalue weighted by atomic mass is 10.2. The van der Waals surface area contributed by atoms with E-state index >= 15 is 0 Å². The molecular formula is C15H23NO5. The molecule has 0 aliphatic rings. The molecule has 0 heterocycles. The summed E-state index contributed by atoms with van der Waals surface area (Å²) in [6, 6.07) is 0. The predicted octanol–water partition coefficient (Wildman–Crippen LogP) is 1.51. The lowest BCUT2D eigenvalue weighted by Crippen LogP contribution is -2.27. The van der Waals surface area contributed by atoms with E-state index in [1.807, 2.05) is 0 Å². The maximum atomic E-state index is 11.4. The van der Waals surface area contributed by atoms with Crippen molar-refractivity contribution in [2.24, 2.45) is 0 Å². The van der Waals surface area contributed by atoms with Crippen LogP contribution in [0.2, 0.25) is 0 Å². The van der Waals surface area contributed by atoms with E-state index in [9.17, 15) is 14.4 Å². The molecule has 6 nitrogen and oxygen atoms in total. The zero-order valence-corrected chi connectivity index (χ0v) is 12.7. The molecule has 1 N–H and O–H groups in total. The number of rotatable bonds is 10. The van der Waals surface area contributed by atoms with Crippen LogP contribution in [0.5, 0.6) is 0 Å². The van der Waals surface area contributed by atoms with Gasteiger partial charge in [0.1, 0.15) is 6.61 Å². The van der Waals surface area contributed by atoms with Gasteiger partial charge in [0.15, 0.2) is 0 Å². The summed E-state index contributed by atoms with van der Waals surface area (Å²) in [5.74, 6) is -1.02. The Morgan fingerprint density at radius 3 is 1.95 bits per heavy atom. The van der Waals surface area contributed by atoms with Crippen LogP contribution in [0.1, 0.15) is 33.1 Å². The molecule has 0 fully saturated rings. The Morgan fingerprint density at radius 1 is 0.905 bits per heavy atom. The van der Waals surface area contributed by atoms with E-state index in [4.69, 9.17) is 9.47 Å². The molecule has 0 atom stereocenters. The average molecular weight is 297 g/mol. The molecule has 1 amide bonds. The average Bonchev–Trinajstić information content (AvgIpc) is 2.42. The van der Waals surface area contributed by atoms with Crippen molar-refractivity contribution in [3.05, 3.63) is 24.3 Å². The summed E-state index contributed by atoms with van der Waals surface area (Å²) in [4.78, 5) is 33.6. The number of nitrogens with one attached hydrogen (secondary N) is 1. The number of hydrogen-bond donors (Lipinski definition) is 1. The van der Waals surface area contributed by atoms with E-state index < -0.39 is 11.9 Å². The fourth-order valence-corrected chi connectivity index (χ4v) is 1.22. The molecule has 0 saturated carbocycles. The lowest BCUT2D eigenvalue weighted by molar-refractivity contribution is -0.140. The number of ether oxygens (including phenoxy) is 2. The van der Waals surface area contributed by atoms with Gasteiger partial charge >= 0.3 is 11.9 Å². The highest BCUT2D eigenvalue weighted by Gasteiger charge is 2.05. The first-order chi connectivity index (χ1) is 9.84. The molecule has 0 bridgehead atoms. The highest BCUT2D eigenvalue weighted by atomic mass is 16.5. The molecule has 0 rings (SSSR count). The first-order valence-corrected chi connectivity index (χ1v) is 6.76. The van der Waals surface area contributed by atoms with Gasteiger partial charge in [-0.05, 0) is 26.7 Å². The van der Waals surface area contributed by atoms with Gasteiger partial charge in [0.25, 0.3) is 0 Å². The second-order valence-electron chi connectivity index (χ2n) is 4.64. The lowest BCUT2D eigenvalue weighted by Gasteiger charge is -2.07. The van der Waals surface area contributed by atoms with Crippen molar-refractivity contribution in [3.63, 3.8) is 0 Å². The van der Waals surface area contributed by atoms with E-state index in [1.54, 1.807) is 13.8 Å². The molecule has 0 aromatic carbocycles. The molecule has 0 spiro atoms. The van der Waals surface area contributed by atoms with Crippen LogP contribution in [0.15, 0.2) is 24.3 Å². The molecule has 0 saturated heterocycles. The molecule has 6 heteroatoms. The van der Waals surface area contributed by atoms with Crippen LogP contribution in [0.3, 0.4) is 0 Å². The van der Waals surface area contributed by atoms with Crippen LogP contribution >= 0.6 is 0 Å². The Hall–Kier alpha value is -2.11. The van der Waals surface area contributed by atoms with Crippen LogP contribution in [0.25, 0.3) is 0 Å². The maximum absolute atomic E-state index is 11.4. The number of esters is 2. The fourth-order valence-electron chi connectivity index (χ4n) is 1.22. The maximum Gasteiger partial charge on any atom is 0.333 e. The van der Waals surface area contributed by atoms with Crippen molar-refractivity contribution in [1.29, 1.82) is 0 Å². The second-order valence-corrected chi connectivity index (χ2v) is 4.64. The summed E-state index contributed by atoms with van der Waals surface area (Å²) < 4.78 is 9.72. The Bertz CT molecular complexity index is 414. The van der Waals surface area contributed by atoms with Gasteiger partial charge in [0, 0.05) is 17.6 Å². The summed E-state index contributed by atoms with van der Waals surface area (Å²) in [7, 11) is 0. The Kier molecular flexibility index (Phi) is 9.58. The zero-order chi connectivity index (χ0) is 16.3. The third-order valence-corrected chi connectivity index (χ3v) is 2.39. The Balaban J connectivity index is 3.51. The van der Waals surface area contributed by atoms with Crippen molar-refractivity contribution >= 4 is 17.8 Å². The van der Waals surface area contributed by atoms with Gasteiger partial charge in [-0.25, -0.2) is 9.59 Å². The summed E-state index contributed by atoms with van der Waals surface area (Å²) >= 11 is 0. The first kappa shape index (κ1) is 18.9. The number of unbranched alkanes of at least 4 members (excludes halogenated alkanes) is 1. The summed E-state index contributed by atoms with van der Waals surface area (Å²) in [6.45, 7) is 10.7. The third-order valence-electron chi connectivity index (χ3n) is 2.39. The van der Waals surface area contributed by atoms with Crippen molar-refractivity contribution in [2.45, 2.75) is 33.1 Å². The van der Waals surface area contributed by atoms with Crippen molar-refractivity contribution < 1.29 is 23.9 Å². The third kappa shape index (κ3) is 10.4. The molecule has 0 aromatic rings. The van der Waals surface area contributed by atoms with Gasteiger partial charge in [-0.3, -0.25) is 4.79 Å². The van der Waals surface area contributed by atoms with E-state index in [1.165, 1.54) is 0 Å². The quantitative estimate of drug-likeness (QED) is 0.375. The second kappa shape index (κ2) is 10.7. The van der Waals surface area contributed by atoms with Crippen molar-refractivity contribution in [3.8, 4) is 0 Å². The Morgan fingerprint density at radius 2 is 1.43 bits per heavy atom. The fraction of sp³-hybridized carbons (Fsp3) is 0.533. The monoisotopic (exact) mass is 297 g/mol. The summed E-state index contributed by atoms with van der Waals surface area (Å²) in [5, 5.41) is 2.63. The van der Waals surface area contributed by atoms with E-state index in [0.29, 0.717) is 30.4 Å². The number of carbonyl (C=O) groups is 3. The molecule has 21 heavy (non-hydrogen) atoms. The van der Waals surface area contributed by atoms with Gasteiger partial charge in [-0.1, -0.05) is 13.2 Å². The van der Waals surface area contributed by atoms with Gasteiger partial charge < -0.3 is 14.8 Å². The standard InChI is InChI=1S/C15H23NO5/c1-11(2)14(18)20-9-6-5-7-13(17)16-8-10-21-15(19)12(3)4/h1,3,5-10H2,2,4H3,(H,16,17). The predicted molar refractivity (Wildman–Crippen MR) is 78.4 cm³/mol. The van der Waals surface area contributed by atoms with Crippen molar-refractivity contribution in [2.75, 3.05) is 19.8 Å². The number of carbonyl (C=O) groups excluding carboxylic acids is 3. The topological polar surface area (TPSA) is 81.7 Å². The van der Waals surface area contributed by atoms with E-state index in [-0.39, 0.29) is 25.7 Å². The SMILES string of the molecule is C=C(C)C(=O)OCCCCC(=O)NCCOC(=O)C(=C)C. The Labute approximate surface area is 125 Å². The van der Waals surface area contributed by atoms with Crippen LogP contribution < -0.4 is 5.32 Å². The molecule has 0 aliphatic carbocycles. The zero-order valence-electron chi connectivity index (χ0n) is 12.7. The summed E-state index contributed by atoms with van der Waals surface area (Å²) in [5.41, 5.74) is 0.683. The van der Waals surface area contributed by atoms with Crippen LogP contribution in [0, 0.1) is 0 Å². The van der Waals surface area contributed by atoms with Gasteiger partial charge in [-0.15, -0.1) is 0 Å². The molecule has 0 aliphatic heterocycles. The minimum absolute atomic E-state index is 0.119.